The molecule has 1 N–H and O–H groups in total. The van der Waals surface area contributed by atoms with Crippen LogP contribution in [-0.2, 0) is 13.6 Å². The molecule has 1 unspecified atom stereocenters. The molecule has 1 aliphatic carbocycles. The number of ether oxygens (including phenoxy) is 2. The quantitative estimate of drug-likeness (QED) is 0.289. The summed E-state index contributed by atoms with van der Waals surface area (Å²) in [4.78, 5) is 5.11. The van der Waals surface area contributed by atoms with Gasteiger partial charge in [0.1, 0.15) is 18.1 Å². The second-order valence-electron chi connectivity index (χ2n) is 9.81. The van der Waals surface area contributed by atoms with E-state index in [-0.39, 0.29) is 12.4 Å². The third-order valence-corrected chi connectivity index (χ3v) is 8.31. The van der Waals surface area contributed by atoms with Gasteiger partial charge in [0.15, 0.2) is 5.82 Å². The molecule has 1 aliphatic heterocycles. The van der Waals surface area contributed by atoms with E-state index >= 15 is 0 Å². The fourth-order valence-corrected chi connectivity index (χ4v) is 6.00. The molecule has 1 saturated carbocycles. The molecule has 0 bridgehead atoms. The molecule has 2 fully saturated rings. The number of aromatic nitrogens is 3. The van der Waals surface area contributed by atoms with Crippen molar-refractivity contribution in [3.63, 3.8) is 0 Å². The average molecular weight is 527 g/mol. The second kappa shape index (κ2) is 11.3. The number of nitrogens with one attached hydrogen (secondary N) is 1. The van der Waals surface area contributed by atoms with Crippen LogP contribution in [0, 0.1) is 0 Å². The van der Waals surface area contributed by atoms with Gasteiger partial charge in [-0.25, -0.2) is 4.98 Å². The number of thiophene rings is 1. The Kier molecular flexibility index (Phi) is 7.89. The molecule has 1 saturated heterocycles. The molecular weight excluding hydrogens is 492 g/mol. The monoisotopic (exact) mass is 526 g/mol. The molecule has 36 heavy (non-hydrogen) atoms. The van der Waals surface area contributed by atoms with Gasteiger partial charge in [0.05, 0.1) is 34.3 Å². The van der Waals surface area contributed by atoms with Crippen molar-refractivity contribution in [2.75, 3.05) is 19.7 Å². The Hall–Kier alpha value is -2.48. The Balaban J connectivity index is 0.00000267. The SMILES string of the molecule is Cl.Cn1c(-c2nc(C3CCC3)cn2CCOc2ccc(OC3CCCNCC3)cc2)cc2sccc21. The standard InChI is InChI=1S/C28H34N4O2S.ClH/c1-31-25-12-17-35-27(25)18-26(31)28-30-24(20-4-2-5-20)19-32(28)15-16-33-21-7-9-23(10-8-21)34-22-6-3-13-29-14-11-22;/h7-10,12,17-20,22,29H,2-6,11,13-16H2,1H3;1H. The maximum absolute atomic E-state index is 6.19. The van der Waals surface area contributed by atoms with Crippen LogP contribution in [0.5, 0.6) is 11.5 Å². The molecule has 6 nitrogen and oxygen atoms in total. The smallest absolute Gasteiger partial charge is 0.157 e. The summed E-state index contributed by atoms with van der Waals surface area (Å²) >= 11 is 1.78. The normalized spacial score (nSPS) is 18.4. The lowest BCUT2D eigenvalue weighted by Gasteiger charge is -2.22. The van der Waals surface area contributed by atoms with Gasteiger partial charge >= 0.3 is 0 Å². The molecule has 3 aromatic heterocycles. The highest BCUT2D eigenvalue weighted by molar-refractivity contribution is 7.17. The Morgan fingerprint density at radius 2 is 1.86 bits per heavy atom. The number of aryl methyl sites for hydroxylation is 1. The summed E-state index contributed by atoms with van der Waals surface area (Å²) in [5, 5.41) is 5.59. The topological polar surface area (TPSA) is 53.2 Å². The van der Waals surface area contributed by atoms with E-state index in [1.807, 2.05) is 24.3 Å². The zero-order valence-corrected chi connectivity index (χ0v) is 22.5. The Morgan fingerprint density at radius 1 is 1.03 bits per heavy atom. The van der Waals surface area contributed by atoms with Gasteiger partial charge < -0.3 is 23.9 Å². The van der Waals surface area contributed by atoms with Gasteiger partial charge in [-0.1, -0.05) is 6.42 Å². The number of nitrogens with zero attached hydrogens (tertiary/aromatic N) is 3. The van der Waals surface area contributed by atoms with Crippen molar-refractivity contribution in [1.82, 2.24) is 19.4 Å². The fraction of sp³-hybridized carbons (Fsp3) is 0.464. The van der Waals surface area contributed by atoms with Crippen LogP contribution in [0.3, 0.4) is 0 Å². The lowest BCUT2D eigenvalue weighted by atomic mass is 9.83. The molecule has 1 aromatic carbocycles. The number of hydrogen-bond donors (Lipinski definition) is 1. The van der Waals surface area contributed by atoms with Crippen LogP contribution in [0.1, 0.15) is 50.1 Å². The predicted octanol–water partition coefficient (Wildman–Crippen LogP) is 6.39. The van der Waals surface area contributed by atoms with Crippen molar-refractivity contribution in [3.05, 3.63) is 53.7 Å². The summed E-state index contributed by atoms with van der Waals surface area (Å²) in [6.07, 6.45) is 9.71. The van der Waals surface area contributed by atoms with Crippen molar-refractivity contribution >= 4 is 34.0 Å². The van der Waals surface area contributed by atoms with Crippen molar-refractivity contribution in [3.8, 4) is 23.0 Å². The lowest BCUT2D eigenvalue weighted by molar-refractivity contribution is 0.187. The van der Waals surface area contributed by atoms with E-state index in [0.29, 0.717) is 18.6 Å². The molecule has 8 heteroatoms. The minimum Gasteiger partial charge on any atom is -0.492 e. The first-order valence-corrected chi connectivity index (χ1v) is 13.8. The van der Waals surface area contributed by atoms with Crippen LogP contribution < -0.4 is 14.8 Å². The largest absolute Gasteiger partial charge is 0.492 e. The maximum atomic E-state index is 6.19. The van der Waals surface area contributed by atoms with Crippen molar-refractivity contribution in [2.45, 2.75) is 57.1 Å². The highest BCUT2D eigenvalue weighted by atomic mass is 35.5. The minimum absolute atomic E-state index is 0. The van der Waals surface area contributed by atoms with Crippen LogP contribution in [0.2, 0.25) is 0 Å². The van der Waals surface area contributed by atoms with Crippen molar-refractivity contribution in [2.24, 2.45) is 7.05 Å². The summed E-state index contributed by atoms with van der Waals surface area (Å²) in [7, 11) is 2.14. The molecule has 4 aromatic rings. The molecule has 0 radical (unpaired) electrons. The number of hydrogen-bond acceptors (Lipinski definition) is 5. The first-order chi connectivity index (χ1) is 17.2. The van der Waals surface area contributed by atoms with Crippen LogP contribution in [-0.4, -0.2) is 39.9 Å². The summed E-state index contributed by atoms with van der Waals surface area (Å²) in [6.45, 7) is 3.49. The average Bonchev–Trinajstić information content (AvgIpc) is 3.46. The summed E-state index contributed by atoms with van der Waals surface area (Å²) in [5.41, 5.74) is 3.67. The van der Waals surface area contributed by atoms with E-state index in [9.17, 15) is 0 Å². The number of fused-ring (bicyclic) bond motifs is 1. The van der Waals surface area contributed by atoms with Gasteiger partial charge in [0.25, 0.3) is 0 Å². The van der Waals surface area contributed by atoms with Crippen LogP contribution in [0.15, 0.2) is 48.0 Å². The summed E-state index contributed by atoms with van der Waals surface area (Å²) in [6, 6.07) is 12.6. The Bertz CT molecular complexity index is 1270. The van der Waals surface area contributed by atoms with E-state index in [1.54, 1.807) is 11.3 Å². The summed E-state index contributed by atoms with van der Waals surface area (Å²) < 4.78 is 18.2. The fourth-order valence-electron chi connectivity index (χ4n) is 5.15. The molecule has 192 valence electrons. The molecule has 2 aliphatic rings. The molecule has 0 amide bonds. The predicted molar refractivity (Wildman–Crippen MR) is 149 cm³/mol. The highest BCUT2D eigenvalue weighted by Gasteiger charge is 2.25. The second-order valence-corrected chi connectivity index (χ2v) is 10.8. The molecular formula is C28H35ClN4O2S. The van der Waals surface area contributed by atoms with Crippen LogP contribution in [0.25, 0.3) is 21.7 Å². The number of rotatable bonds is 8. The highest BCUT2D eigenvalue weighted by Crippen LogP contribution is 2.38. The molecule has 6 rings (SSSR count). The zero-order chi connectivity index (χ0) is 23.6. The third kappa shape index (κ3) is 5.29. The van der Waals surface area contributed by atoms with Gasteiger partial charge in [-0.2, -0.15) is 0 Å². The van der Waals surface area contributed by atoms with Crippen LogP contribution in [0.4, 0.5) is 0 Å². The number of imidazole rings is 1. The Labute approximate surface area is 223 Å². The van der Waals surface area contributed by atoms with Gasteiger partial charge in [-0.15, -0.1) is 23.7 Å². The summed E-state index contributed by atoms with van der Waals surface area (Å²) in [5.74, 6) is 3.45. The van der Waals surface area contributed by atoms with E-state index < -0.39 is 0 Å². The first kappa shape index (κ1) is 25.2. The third-order valence-electron chi connectivity index (χ3n) is 7.46. The van der Waals surface area contributed by atoms with E-state index in [4.69, 9.17) is 14.5 Å². The van der Waals surface area contributed by atoms with Gasteiger partial charge in [0, 0.05) is 19.2 Å². The number of halogens is 1. The van der Waals surface area contributed by atoms with Gasteiger partial charge in [0.2, 0.25) is 0 Å². The minimum atomic E-state index is 0. The van der Waals surface area contributed by atoms with Gasteiger partial charge in [-0.3, -0.25) is 0 Å². The van der Waals surface area contributed by atoms with E-state index in [0.717, 1.165) is 49.8 Å². The maximum Gasteiger partial charge on any atom is 0.157 e. The van der Waals surface area contributed by atoms with E-state index in [1.165, 1.54) is 47.3 Å². The molecule has 1 atom stereocenters. The number of benzene rings is 1. The molecule has 0 spiro atoms. The van der Waals surface area contributed by atoms with Gasteiger partial charge in [-0.05, 0) is 87.0 Å². The zero-order valence-electron chi connectivity index (χ0n) is 20.8. The van der Waals surface area contributed by atoms with Crippen molar-refractivity contribution < 1.29 is 9.47 Å². The van der Waals surface area contributed by atoms with Crippen LogP contribution >= 0.6 is 23.7 Å². The first-order valence-electron chi connectivity index (χ1n) is 13.0. The van der Waals surface area contributed by atoms with E-state index in [2.05, 4.69) is 45.2 Å². The Morgan fingerprint density at radius 3 is 2.64 bits per heavy atom. The van der Waals surface area contributed by atoms with Crippen molar-refractivity contribution in [1.29, 1.82) is 0 Å². The molecule has 4 heterocycles. The lowest BCUT2D eigenvalue weighted by Crippen LogP contribution is -2.19.